The Labute approximate surface area is 81.6 Å². The molecule has 2 aromatic heterocycles. The first-order valence-electron chi connectivity index (χ1n) is 3.84. The Balaban J connectivity index is 2.83. The number of hydrogen-bond donors (Lipinski definition) is 0. The van der Waals surface area contributed by atoms with Gasteiger partial charge in [0.1, 0.15) is 11.0 Å². The largest absolute Gasteiger partial charge is 0.322 e. The molecule has 14 heavy (non-hydrogen) atoms. The summed E-state index contributed by atoms with van der Waals surface area (Å²) in [6.45, 7) is -1.04. The third-order valence-electron chi connectivity index (χ3n) is 1.89. The maximum absolute atomic E-state index is 12.3. The number of aryl methyl sites for hydroxylation is 1. The number of thiophene rings is 1. The highest BCUT2D eigenvalue weighted by molar-refractivity contribution is 7.17. The van der Waals surface area contributed by atoms with E-state index in [2.05, 4.69) is 4.98 Å². The third-order valence-corrected chi connectivity index (χ3v) is 2.97. The highest BCUT2D eigenvalue weighted by Gasteiger charge is 2.13. The Morgan fingerprint density at radius 1 is 1.57 bits per heavy atom. The lowest BCUT2D eigenvalue weighted by molar-refractivity contribution is 0.0659. The molecule has 2 rings (SSSR count). The zero-order valence-electron chi connectivity index (χ0n) is 7.20. The number of halogens is 2. The minimum Gasteiger partial charge on any atom is -0.267 e. The molecule has 2 aromatic rings. The van der Waals surface area contributed by atoms with Gasteiger partial charge < -0.3 is 0 Å². The van der Waals surface area contributed by atoms with Crippen LogP contribution in [0.1, 0.15) is 12.1 Å². The van der Waals surface area contributed by atoms with Crippen LogP contribution < -0.4 is 5.56 Å². The smallest absolute Gasteiger partial charge is 0.267 e. The normalized spacial score (nSPS) is 11.4. The zero-order valence-corrected chi connectivity index (χ0v) is 8.02. The number of rotatable bonds is 1. The van der Waals surface area contributed by atoms with E-state index in [0.717, 1.165) is 23.2 Å². The minimum absolute atomic E-state index is 0.283. The van der Waals surface area contributed by atoms with Crippen LogP contribution in [0.2, 0.25) is 0 Å². The van der Waals surface area contributed by atoms with Crippen molar-refractivity contribution in [1.82, 2.24) is 9.55 Å². The molecular formula is C8H6F2N2OS. The lowest BCUT2D eigenvalue weighted by Crippen LogP contribution is -2.20. The fourth-order valence-electron chi connectivity index (χ4n) is 1.18. The van der Waals surface area contributed by atoms with E-state index in [4.69, 9.17) is 0 Å². The van der Waals surface area contributed by atoms with E-state index in [0.29, 0.717) is 10.1 Å². The SMILES string of the molecule is Cc1csc2c(=O)n(C(F)F)cnc12. The van der Waals surface area contributed by atoms with Crippen molar-refractivity contribution in [3.8, 4) is 0 Å². The van der Waals surface area contributed by atoms with Crippen LogP contribution in [-0.4, -0.2) is 9.55 Å². The summed E-state index contributed by atoms with van der Waals surface area (Å²) < 4.78 is 25.2. The van der Waals surface area contributed by atoms with Gasteiger partial charge >= 0.3 is 6.55 Å². The Kier molecular flexibility index (Phi) is 2.07. The summed E-state index contributed by atoms with van der Waals surface area (Å²) >= 11 is 1.14. The van der Waals surface area contributed by atoms with E-state index >= 15 is 0 Å². The molecule has 0 atom stereocenters. The molecular weight excluding hydrogens is 210 g/mol. The summed E-state index contributed by atoms with van der Waals surface area (Å²) in [6, 6.07) is 0. The molecule has 0 unspecified atom stereocenters. The van der Waals surface area contributed by atoms with Crippen molar-refractivity contribution in [2.75, 3.05) is 0 Å². The Morgan fingerprint density at radius 2 is 2.29 bits per heavy atom. The molecule has 0 aliphatic heterocycles. The second kappa shape index (κ2) is 3.13. The number of hydrogen-bond acceptors (Lipinski definition) is 3. The number of alkyl halides is 2. The van der Waals surface area contributed by atoms with Crippen molar-refractivity contribution >= 4 is 21.6 Å². The standard InChI is InChI=1S/C8H6F2N2OS/c1-4-2-14-6-5(4)11-3-12(7(6)13)8(9)10/h2-3,8H,1H3. The molecule has 0 N–H and O–H groups in total. The topological polar surface area (TPSA) is 34.9 Å². The molecule has 0 aliphatic rings. The predicted molar refractivity (Wildman–Crippen MR) is 49.9 cm³/mol. The van der Waals surface area contributed by atoms with E-state index < -0.39 is 12.1 Å². The average molecular weight is 216 g/mol. The molecule has 0 fully saturated rings. The lowest BCUT2D eigenvalue weighted by Gasteiger charge is -2.01. The monoisotopic (exact) mass is 216 g/mol. The maximum atomic E-state index is 12.3. The maximum Gasteiger partial charge on any atom is 0.322 e. The summed E-state index contributed by atoms with van der Waals surface area (Å²) in [4.78, 5) is 15.3. The summed E-state index contributed by atoms with van der Waals surface area (Å²) in [5.41, 5.74) is 0.670. The average Bonchev–Trinajstić information content (AvgIpc) is 2.49. The highest BCUT2D eigenvalue weighted by Crippen LogP contribution is 2.20. The predicted octanol–water partition coefficient (Wildman–Crippen LogP) is 2.16. The molecule has 6 heteroatoms. The molecule has 0 saturated carbocycles. The van der Waals surface area contributed by atoms with Gasteiger partial charge in [-0.3, -0.25) is 4.79 Å². The summed E-state index contributed by atoms with van der Waals surface area (Å²) in [7, 11) is 0. The first-order chi connectivity index (χ1) is 6.61. The molecule has 0 bridgehead atoms. The van der Waals surface area contributed by atoms with Gasteiger partial charge in [-0.05, 0) is 17.9 Å². The quantitative estimate of drug-likeness (QED) is 0.732. The molecule has 0 spiro atoms. The molecule has 0 radical (unpaired) electrons. The van der Waals surface area contributed by atoms with Gasteiger partial charge in [0.05, 0.1) is 5.52 Å². The number of fused-ring (bicyclic) bond motifs is 1. The van der Waals surface area contributed by atoms with Crippen LogP contribution in [0.15, 0.2) is 16.5 Å². The second-order valence-electron chi connectivity index (χ2n) is 2.83. The first-order valence-corrected chi connectivity index (χ1v) is 4.72. The van der Waals surface area contributed by atoms with Crippen molar-refractivity contribution in [1.29, 1.82) is 0 Å². The highest BCUT2D eigenvalue weighted by atomic mass is 32.1. The van der Waals surface area contributed by atoms with Crippen molar-refractivity contribution < 1.29 is 8.78 Å². The number of nitrogens with zero attached hydrogens (tertiary/aromatic N) is 2. The third kappa shape index (κ3) is 1.22. The van der Waals surface area contributed by atoms with Crippen LogP contribution in [-0.2, 0) is 0 Å². The fourth-order valence-corrected chi connectivity index (χ4v) is 2.12. The van der Waals surface area contributed by atoms with Crippen molar-refractivity contribution in [3.05, 3.63) is 27.6 Å². The van der Waals surface area contributed by atoms with Crippen molar-refractivity contribution in [3.63, 3.8) is 0 Å². The van der Waals surface area contributed by atoms with Gasteiger partial charge in [-0.2, -0.15) is 8.78 Å². The Bertz CT molecular complexity index is 532. The molecule has 0 aliphatic carbocycles. The van der Waals surface area contributed by atoms with Crippen molar-refractivity contribution in [2.24, 2.45) is 0 Å². The van der Waals surface area contributed by atoms with Gasteiger partial charge in [-0.1, -0.05) is 0 Å². The van der Waals surface area contributed by atoms with E-state index in [1.807, 2.05) is 0 Å². The van der Waals surface area contributed by atoms with Crippen molar-refractivity contribution in [2.45, 2.75) is 13.5 Å². The zero-order chi connectivity index (χ0) is 10.3. The van der Waals surface area contributed by atoms with E-state index in [9.17, 15) is 13.6 Å². The second-order valence-corrected chi connectivity index (χ2v) is 3.71. The number of aromatic nitrogens is 2. The Hall–Kier alpha value is -1.30. The molecule has 74 valence electrons. The lowest BCUT2D eigenvalue weighted by atomic mass is 10.3. The summed E-state index contributed by atoms with van der Waals surface area (Å²) in [6.07, 6.45) is 0.884. The fraction of sp³-hybridized carbons (Fsp3) is 0.250. The van der Waals surface area contributed by atoms with Crippen LogP contribution in [0.3, 0.4) is 0 Å². The summed E-state index contributed by atoms with van der Waals surface area (Å²) in [5.74, 6) is 0. The van der Waals surface area contributed by atoms with Crippen LogP contribution in [0.4, 0.5) is 8.78 Å². The Morgan fingerprint density at radius 3 is 2.93 bits per heavy atom. The van der Waals surface area contributed by atoms with Gasteiger partial charge in [0.25, 0.3) is 5.56 Å². The molecule has 3 nitrogen and oxygen atoms in total. The molecule has 0 saturated heterocycles. The molecule has 2 heterocycles. The van der Waals surface area contributed by atoms with Gasteiger partial charge in [-0.15, -0.1) is 11.3 Å². The minimum atomic E-state index is -2.83. The van der Waals surface area contributed by atoms with Gasteiger partial charge in [-0.25, -0.2) is 9.55 Å². The van der Waals surface area contributed by atoms with Gasteiger partial charge in [0, 0.05) is 0 Å². The molecule has 0 aromatic carbocycles. The van der Waals surface area contributed by atoms with Gasteiger partial charge in [0.2, 0.25) is 0 Å². The van der Waals surface area contributed by atoms with E-state index in [-0.39, 0.29) is 4.70 Å². The van der Waals surface area contributed by atoms with E-state index in [1.54, 1.807) is 12.3 Å². The first kappa shape index (κ1) is 9.26. The van der Waals surface area contributed by atoms with Crippen LogP contribution >= 0.6 is 11.3 Å². The molecule has 0 amide bonds. The van der Waals surface area contributed by atoms with Crippen LogP contribution in [0, 0.1) is 6.92 Å². The van der Waals surface area contributed by atoms with Gasteiger partial charge in [0.15, 0.2) is 0 Å². The summed E-state index contributed by atoms with van der Waals surface area (Å²) in [5, 5.41) is 1.73. The van der Waals surface area contributed by atoms with Crippen LogP contribution in [0.25, 0.3) is 10.2 Å². The van der Waals surface area contributed by atoms with Crippen LogP contribution in [0.5, 0.6) is 0 Å². The van der Waals surface area contributed by atoms with E-state index in [1.165, 1.54) is 0 Å².